The summed E-state index contributed by atoms with van der Waals surface area (Å²) in [5, 5.41) is 5.82. The highest BCUT2D eigenvalue weighted by Crippen LogP contribution is 2.25. The molecule has 1 aromatic heterocycles. The maximum absolute atomic E-state index is 11.1. The number of methoxy groups -OCH3 is 1. The number of esters is 1. The van der Waals surface area contributed by atoms with Crippen LogP contribution in [0.25, 0.3) is 0 Å². The van der Waals surface area contributed by atoms with E-state index in [9.17, 15) is 4.79 Å². The highest BCUT2D eigenvalue weighted by atomic mass is 79.9. The van der Waals surface area contributed by atoms with Gasteiger partial charge in [0.25, 0.3) is 0 Å². The van der Waals surface area contributed by atoms with E-state index in [0.29, 0.717) is 5.69 Å². The Morgan fingerprint density at radius 3 is 3.00 bits per heavy atom. The first-order valence-corrected chi connectivity index (χ1v) is 7.30. The van der Waals surface area contributed by atoms with Gasteiger partial charge in [0.2, 0.25) is 0 Å². The van der Waals surface area contributed by atoms with Gasteiger partial charge in [-0.25, -0.2) is 4.98 Å². The van der Waals surface area contributed by atoms with Crippen molar-refractivity contribution < 1.29 is 9.53 Å². The fourth-order valence-corrected chi connectivity index (χ4v) is 2.57. The molecule has 0 unspecified atom stereocenters. The number of benzene rings is 1. The average Bonchev–Trinajstić information content (AvgIpc) is 2.81. The molecule has 0 saturated heterocycles. The predicted molar refractivity (Wildman–Crippen MR) is 80.0 cm³/mol. The van der Waals surface area contributed by atoms with E-state index in [2.05, 4.69) is 31.0 Å². The first-order valence-electron chi connectivity index (χ1n) is 5.63. The van der Waals surface area contributed by atoms with Gasteiger partial charge in [0.15, 0.2) is 5.13 Å². The first kappa shape index (κ1) is 14.0. The molecule has 4 nitrogen and oxygen atoms in total. The van der Waals surface area contributed by atoms with Crippen molar-refractivity contribution >= 4 is 44.1 Å². The van der Waals surface area contributed by atoms with Crippen molar-refractivity contribution in [3.05, 3.63) is 39.3 Å². The highest BCUT2D eigenvalue weighted by Gasteiger charge is 2.08. The van der Waals surface area contributed by atoms with Gasteiger partial charge in [-0.05, 0) is 24.6 Å². The lowest BCUT2D eigenvalue weighted by molar-refractivity contribution is -0.139. The van der Waals surface area contributed by atoms with Gasteiger partial charge in [0.1, 0.15) is 0 Å². The zero-order chi connectivity index (χ0) is 13.8. The Labute approximate surface area is 124 Å². The van der Waals surface area contributed by atoms with E-state index in [1.807, 2.05) is 30.5 Å². The summed E-state index contributed by atoms with van der Waals surface area (Å²) in [6.07, 6.45) is 0.201. The van der Waals surface area contributed by atoms with Gasteiger partial charge in [-0.3, -0.25) is 4.79 Å². The van der Waals surface area contributed by atoms with Gasteiger partial charge >= 0.3 is 5.97 Å². The Morgan fingerprint density at radius 1 is 1.53 bits per heavy atom. The Hall–Kier alpha value is -1.40. The second-order valence-electron chi connectivity index (χ2n) is 3.99. The Balaban J connectivity index is 2.07. The lowest BCUT2D eigenvalue weighted by Crippen LogP contribution is -2.04. The van der Waals surface area contributed by atoms with Crippen LogP contribution in [0, 0.1) is 6.92 Å². The van der Waals surface area contributed by atoms with Crippen molar-refractivity contribution in [1.82, 2.24) is 4.98 Å². The minimum atomic E-state index is -0.282. The topological polar surface area (TPSA) is 51.2 Å². The first-order chi connectivity index (χ1) is 9.08. The number of nitrogens with zero attached hydrogens (tertiary/aromatic N) is 1. The number of aromatic nitrogens is 1. The third kappa shape index (κ3) is 3.78. The van der Waals surface area contributed by atoms with E-state index in [0.717, 1.165) is 15.3 Å². The molecule has 1 N–H and O–H groups in total. The Bertz CT molecular complexity index is 598. The van der Waals surface area contributed by atoms with Crippen LogP contribution >= 0.6 is 27.3 Å². The smallest absolute Gasteiger partial charge is 0.311 e. The van der Waals surface area contributed by atoms with Gasteiger partial charge in [-0.2, -0.15) is 0 Å². The molecule has 0 radical (unpaired) electrons. The van der Waals surface area contributed by atoms with Crippen molar-refractivity contribution in [3.8, 4) is 0 Å². The van der Waals surface area contributed by atoms with Crippen LogP contribution in [0.5, 0.6) is 0 Å². The quantitative estimate of drug-likeness (QED) is 0.862. The van der Waals surface area contributed by atoms with Gasteiger partial charge in [-0.15, -0.1) is 11.3 Å². The number of hydrogen-bond acceptors (Lipinski definition) is 5. The number of rotatable bonds is 4. The second kappa shape index (κ2) is 6.16. The summed E-state index contributed by atoms with van der Waals surface area (Å²) in [5.74, 6) is -0.282. The lowest BCUT2D eigenvalue weighted by atomic mass is 10.2. The number of aryl methyl sites for hydroxylation is 1. The van der Waals surface area contributed by atoms with Crippen molar-refractivity contribution in [2.75, 3.05) is 12.4 Å². The molecular formula is C13H13BrN2O2S. The molecule has 6 heteroatoms. The van der Waals surface area contributed by atoms with E-state index in [4.69, 9.17) is 0 Å². The molecule has 0 fully saturated rings. The lowest BCUT2D eigenvalue weighted by Gasteiger charge is -2.04. The normalized spacial score (nSPS) is 10.3. The molecule has 100 valence electrons. The summed E-state index contributed by atoms with van der Waals surface area (Å²) in [6.45, 7) is 2.03. The molecule has 0 aliphatic heterocycles. The molecule has 0 saturated carbocycles. The van der Waals surface area contributed by atoms with Crippen LogP contribution in [-0.4, -0.2) is 18.1 Å². The third-order valence-electron chi connectivity index (χ3n) is 2.53. The number of nitrogens with one attached hydrogen (secondary N) is 1. The number of carbonyl (C=O) groups excluding carboxylic acids is 1. The monoisotopic (exact) mass is 340 g/mol. The number of hydrogen-bond donors (Lipinski definition) is 1. The molecule has 2 aromatic rings. The van der Waals surface area contributed by atoms with E-state index in [1.54, 1.807) is 0 Å². The van der Waals surface area contributed by atoms with Crippen LogP contribution in [0.3, 0.4) is 0 Å². The van der Waals surface area contributed by atoms with Gasteiger partial charge < -0.3 is 10.1 Å². The van der Waals surface area contributed by atoms with Crippen LogP contribution in [0.4, 0.5) is 10.8 Å². The number of anilines is 2. The SMILES string of the molecule is COC(=O)Cc1csc(Nc2ccc(C)c(Br)c2)n1. The summed E-state index contributed by atoms with van der Waals surface area (Å²) in [6, 6.07) is 6.01. The predicted octanol–water partition coefficient (Wildman–Crippen LogP) is 3.67. The second-order valence-corrected chi connectivity index (χ2v) is 5.70. The van der Waals surface area contributed by atoms with Crippen LogP contribution in [-0.2, 0) is 16.0 Å². The van der Waals surface area contributed by atoms with E-state index >= 15 is 0 Å². The summed E-state index contributed by atoms with van der Waals surface area (Å²) in [7, 11) is 1.37. The average molecular weight is 341 g/mol. The molecule has 0 atom stereocenters. The van der Waals surface area contributed by atoms with Crippen molar-refractivity contribution in [2.45, 2.75) is 13.3 Å². The molecule has 1 aromatic carbocycles. The number of halogens is 1. The van der Waals surface area contributed by atoms with Crippen LogP contribution in [0.15, 0.2) is 28.1 Å². The summed E-state index contributed by atoms with van der Waals surface area (Å²) in [4.78, 5) is 15.5. The molecule has 0 amide bonds. The van der Waals surface area contributed by atoms with Gasteiger partial charge in [0, 0.05) is 15.5 Å². The number of ether oxygens (including phenoxy) is 1. The van der Waals surface area contributed by atoms with Gasteiger partial charge in [0.05, 0.1) is 19.2 Å². The fraction of sp³-hybridized carbons (Fsp3) is 0.231. The molecule has 2 rings (SSSR count). The standard InChI is InChI=1S/C13H13BrN2O2S/c1-8-3-4-9(5-11(8)14)15-13-16-10(7-19-13)6-12(17)18-2/h3-5,7H,6H2,1-2H3,(H,15,16). The minimum Gasteiger partial charge on any atom is -0.469 e. The van der Waals surface area contributed by atoms with Crippen molar-refractivity contribution in [2.24, 2.45) is 0 Å². The molecule has 0 spiro atoms. The third-order valence-corrected chi connectivity index (χ3v) is 4.19. The summed E-state index contributed by atoms with van der Waals surface area (Å²) < 4.78 is 5.65. The maximum Gasteiger partial charge on any atom is 0.311 e. The van der Waals surface area contributed by atoms with Crippen LogP contribution < -0.4 is 5.32 Å². The van der Waals surface area contributed by atoms with Crippen molar-refractivity contribution in [1.29, 1.82) is 0 Å². The maximum atomic E-state index is 11.1. The summed E-state index contributed by atoms with van der Waals surface area (Å²) >= 11 is 4.95. The van der Waals surface area contributed by atoms with E-state index < -0.39 is 0 Å². The Kier molecular flexibility index (Phi) is 4.55. The molecule has 0 bridgehead atoms. The molecule has 0 aliphatic rings. The number of carbonyl (C=O) groups is 1. The van der Waals surface area contributed by atoms with Crippen molar-refractivity contribution in [3.63, 3.8) is 0 Å². The van der Waals surface area contributed by atoms with E-state index in [-0.39, 0.29) is 12.4 Å². The van der Waals surface area contributed by atoms with Crippen LogP contribution in [0.1, 0.15) is 11.3 Å². The fourth-order valence-electron chi connectivity index (χ4n) is 1.46. The highest BCUT2D eigenvalue weighted by molar-refractivity contribution is 9.10. The van der Waals surface area contributed by atoms with Crippen LogP contribution in [0.2, 0.25) is 0 Å². The minimum absolute atomic E-state index is 0.201. The largest absolute Gasteiger partial charge is 0.469 e. The molecule has 0 aliphatic carbocycles. The summed E-state index contributed by atoms with van der Waals surface area (Å²) in [5.41, 5.74) is 2.85. The molecule has 19 heavy (non-hydrogen) atoms. The molecular weight excluding hydrogens is 328 g/mol. The molecule has 1 heterocycles. The Morgan fingerprint density at radius 2 is 2.32 bits per heavy atom. The zero-order valence-electron chi connectivity index (χ0n) is 10.6. The number of thiazole rings is 1. The zero-order valence-corrected chi connectivity index (χ0v) is 13.0. The van der Waals surface area contributed by atoms with Gasteiger partial charge in [-0.1, -0.05) is 22.0 Å². The van der Waals surface area contributed by atoms with E-state index in [1.165, 1.54) is 24.0 Å².